The quantitative estimate of drug-likeness (QED) is 0.654. The molecule has 0 aromatic heterocycles. The fraction of sp³-hybridized carbons (Fsp3) is 0.333. The van der Waals surface area contributed by atoms with Crippen LogP contribution in [0.3, 0.4) is 0 Å². The van der Waals surface area contributed by atoms with E-state index in [0.29, 0.717) is 0 Å². The lowest BCUT2D eigenvalue weighted by atomic mass is 10.0. The van der Waals surface area contributed by atoms with Crippen molar-refractivity contribution in [2.75, 3.05) is 33.3 Å². The van der Waals surface area contributed by atoms with Gasteiger partial charge in [-0.2, -0.15) is 13.2 Å². The first-order valence-corrected chi connectivity index (χ1v) is 10.3. The zero-order valence-corrected chi connectivity index (χ0v) is 17.1. The van der Waals surface area contributed by atoms with Crippen LogP contribution >= 0.6 is 0 Å². The first kappa shape index (κ1) is 20.7. The predicted molar refractivity (Wildman–Crippen MR) is 111 cm³/mol. The molecule has 0 aliphatic carbocycles. The predicted octanol–water partition coefficient (Wildman–Crippen LogP) is 2.35. The zero-order chi connectivity index (χ0) is 21.1. The van der Waals surface area contributed by atoms with Gasteiger partial charge in [0.05, 0.1) is 12.7 Å². The van der Waals surface area contributed by atoms with Gasteiger partial charge in [0.1, 0.15) is 45.0 Å². The van der Waals surface area contributed by atoms with Gasteiger partial charge in [-0.15, -0.1) is 0 Å². The van der Waals surface area contributed by atoms with Gasteiger partial charge in [0, 0.05) is 16.5 Å². The second-order valence-corrected chi connectivity index (χ2v) is 8.02. The molecule has 3 aromatic rings. The summed E-state index contributed by atoms with van der Waals surface area (Å²) in [6.07, 6.45) is -4.27. The van der Waals surface area contributed by atoms with Crippen molar-refractivity contribution in [3.05, 3.63) is 77.4 Å². The second-order valence-electron chi connectivity index (χ2n) is 8.02. The van der Waals surface area contributed by atoms with Crippen molar-refractivity contribution in [2.45, 2.75) is 19.3 Å². The van der Waals surface area contributed by atoms with Crippen LogP contribution in [0.25, 0.3) is 10.8 Å². The number of nitrogens with one attached hydrogen (secondary N) is 2. The minimum Gasteiger partial charge on any atom is -0.496 e. The van der Waals surface area contributed by atoms with Gasteiger partial charge in [-0.25, -0.2) is 0 Å². The number of hydrogen-bond donors (Lipinski definition) is 2. The molecule has 0 unspecified atom stereocenters. The SMILES string of the molecule is COc1ccc(C[NH+]2CC[NH+](Cc3ccc(C(F)(F)F)cc3)CC2)c2ccccc12. The summed E-state index contributed by atoms with van der Waals surface area (Å²) >= 11 is 0. The number of fused-ring (bicyclic) bond motifs is 1. The number of methoxy groups -OCH3 is 1. The van der Waals surface area contributed by atoms with Crippen molar-refractivity contribution in [1.29, 1.82) is 0 Å². The van der Waals surface area contributed by atoms with E-state index >= 15 is 0 Å². The Labute approximate surface area is 174 Å². The number of hydrogen-bond acceptors (Lipinski definition) is 1. The molecule has 3 nitrogen and oxygen atoms in total. The second kappa shape index (κ2) is 8.66. The lowest BCUT2D eigenvalue weighted by Gasteiger charge is -2.30. The molecule has 2 N–H and O–H groups in total. The van der Waals surface area contributed by atoms with Crippen LogP contribution in [0.2, 0.25) is 0 Å². The van der Waals surface area contributed by atoms with Crippen molar-refractivity contribution in [3.8, 4) is 5.75 Å². The minimum atomic E-state index is -4.27. The van der Waals surface area contributed by atoms with E-state index in [1.807, 2.05) is 12.1 Å². The van der Waals surface area contributed by atoms with Gasteiger partial charge in [0.15, 0.2) is 0 Å². The van der Waals surface area contributed by atoms with E-state index in [1.54, 1.807) is 24.1 Å². The fourth-order valence-corrected chi connectivity index (χ4v) is 4.35. The standard InChI is InChI=1S/C24H25F3N2O/c1-30-23-11-8-19(21-4-2-3-5-22(21)23)17-29-14-12-28(13-15-29)16-18-6-9-20(10-7-18)24(25,26)27/h2-11H,12-17H2,1H3/p+2. The van der Waals surface area contributed by atoms with Gasteiger partial charge in [0.2, 0.25) is 0 Å². The number of benzene rings is 3. The lowest BCUT2D eigenvalue weighted by molar-refractivity contribution is -1.02. The molecule has 1 fully saturated rings. The van der Waals surface area contributed by atoms with Crippen LogP contribution in [0.5, 0.6) is 5.75 Å². The molecule has 0 saturated carbocycles. The molecule has 4 rings (SSSR count). The highest BCUT2D eigenvalue weighted by atomic mass is 19.4. The molecule has 1 aliphatic heterocycles. The van der Waals surface area contributed by atoms with E-state index in [0.717, 1.165) is 56.0 Å². The van der Waals surface area contributed by atoms with Gasteiger partial charge in [0.25, 0.3) is 0 Å². The summed E-state index contributed by atoms with van der Waals surface area (Å²) < 4.78 is 43.7. The molecule has 6 heteroatoms. The third-order valence-corrected chi connectivity index (χ3v) is 6.03. The maximum atomic E-state index is 12.7. The number of ether oxygens (including phenoxy) is 1. The van der Waals surface area contributed by atoms with Crippen LogP contribution in [0.15, 0.2) is 60.7 Å². The molecular formula is C24H27F3N2O+2. The third kappa shape index (κ3) is 4.60. The zero-order valence-electron chi connectivity index (χ0n) is 17.1. The summed E-state index contributed by atoms with van der Waals surface area (Å²) in [4.78, 5) is 2.97. The number of rotatable bonds is 5. The van der Waals surface area contributed by atoms with E-state index in [1.165, 1.54) is 28.0 Å². The Morgan fingerprint density at radius 2 is 1.37 bits per heavy atom. The Bertz CT molecular complexity index is 993. The van der Waals surface area contributed by atoms with Crippen molar-refractivity contribution >= 4 is 10.8 Å². The average molecular weight is 416 g/mol. The number of alkyl halides is 3. The van der Waals surface area contributed by atoms with E-state index in [2.05, 4.69) is 24.3 Å². The first-order chi connectivity index (χ1) is 14.4. The van der Waals surface area contributed by atoms with E-state index < -0.39 is 11.7 Å². The average Bonchev–Trinajstić information content (AvgIpc) is 2.75. The normalized spacial score (nSPS) is 19.7. The summed E-state index contributed by atoms with van der Waals surface area (Å²) in [5, 5.41) is 2.38. The first-order valence-electron chi connectivity index (χ1n) is 10.3. The Kier molecular flexibility index (Phi) is 5.97. The molecule has 3 aromatic carbocycles. The Morgan fingerprint density at radius 1 is 0.767 bits per heavy atom. The van der Waals surface area contributed by atoms with Gasteiger partial charge in [-0.05, 0) is 29.7 Å². The monoisotopic (exact) mass is 416 g/mol. The minimum absolute atomic E-state index is 0.581. The summed E-state index contributed by atoms with van der Waals surface area (Å²) in [6, 6.07) is 18.1. The Hall–Kier alpha value is -2.57. The van der Waals surface area contributed by atoms with Gasteiger partial charge >= 0.3 is 6.18 Å². The van der Waals surface area contributed by atoms with Crippen molar-refractivity contribution < 1.29 is 27.7 Å². The van der Waals surface area contributed by atoms with Crippen LogP contribution in [0.4, 0.5) is 13.2 Å². The van der Waals surface area contributed by atoms with Crippen LogP contribution in [0, 0.1) is 0 Å². The Balaban J connectivity index is 1.36. The lowest BCUT2D eigenvalue weighted by Crippen LogP contribution is -3.27. The number of halogens is 3. The molecule has 1 aliphatic rings. The summed E-state index contributed by atoms with van der Waals surface area (Å²) in [7, 11) is 1.70. The van der Waals surface area contributed by atoms with Gasteiger partial charge in [-0.3, -0.25) is 0 Å². The van der Waals surface area contributed by atoms with Crippen LogP contribution in [-0.4, -0.2) is 33.3 Å². The maximum absolute atomic E-state index is 12.7. The van der Waals surface area contributed by atoms with Crippen molar-refractivity contribution in [1.82, 2.24) is 0 Å². The molecule has 0 amide bonds. The number of quaternary nitrogens is 2. The van der Waals surface area contributed by atoms with Crippen LogP contribution in [-0.2, 0) is 19.3 Å². The summed E-state index contributed by atoms with van der Waals surface area (Å²) in [5.74, 6) is 0.898. The highest BCUT2D eigenvalue weighted by molar-refractivity contribution is 5.90. The van der Waals surface area contributed by atoms with E-state index in [4.69, 9.17) is 4.74 Å². The molecule has 30 heavy (non-hydrogen) atoms. The highest BCUT2D eigenvalue weighted by Gasteiger charge is 2.30. The van der Waals surface area contributed by atoms with E-state index in [9.17, 15) is 13.2 Å². The fourth-order valence-electron chi connectivity index (χ4n) is 4.35. The highest BCUT2D eigenvalue weighted by Crippen LogP contribution is 2.29. The summed E-state index contributed by atoms with van der Waals surface area (Å²) in [6.45, 7) is 5.89. The molecule has 0 atom stereocenters. The van der Waals surface area contributed by atoms with Crippen LogP contribution < -0.4 is 14.5 Å². The molecule has 0 radical (unpaired) electrons. The topological polar surface area (TPSA) is 18.1 Å². The van der Waals surface area contributed by atoms with Crippen LogP contribution in [0.1, 0.15) is 16.7 Å². The summed E-state index contributed by atoms with van der Waals surface area (Å²) in [5.41, 5.74) is 1.71. The van der Waals surface area contributed by atoms with E-state index in [-0.39, 0.29) is 0 Å². The third-order valence-electron chi connectivity index (χ3n) is 6.03. The molecular weight excluding hydrogens is 389 g/mol. The number of piperazine rings is 1. The van der Waals surface area contributed by atoms with Crippen molar-refractivity contribution in [2.24, 2.45) is 0 Å². The molecule has 158 valence electrons. The molecule has 1 saturated heterocycles. The molecule has 0 spiro atoms. The van der Waals surface area contributed by atoms with Crippen molar-refractivity contribution in [3.63, 3.8) is 0 Å². The van der Waals surface area contributed by atoms with Gasteiger partial charge in [-0.1, -0.05) is 36.4 Å². The Morgan fingerprint density at radius 3 is 1.97 bits per heavy atom. The maximum Gasteiger partial charge on any atom is 0.416 e. The largest absolute Gasteiger partial charge is 0.496 e. The molecule has 1 heterocycles. The molecule has 0 bridgehead atoms. The van der Waals surface area contributed by atoms with Gasteiger partial charge < -0.3 is 14.5 Å². The smallest absolute Gasteiger partial charge is 0.416 e.